The van der Waals surface area contributed by atoms with Gasteiger partial charge in [0.15, 0.2) is 0 Å². The van der Waals surface area contributed by atoms with Gasteiger partial charge in [0.1, 0.15) is 11.4 Å². The Morgan fingerprint density at radius 1 is 1.48 bits per heavy atom. The van der Waals surface area contributed by atoms with Crippen LogP contribution in [0.5, 0.6) is 5.75 Å². The Balaban J connectivity index is 2.11. The molecule has 0 atom stereocenters. The molecule has 0 spiro atoms. The summed E-state index contributed by atoms with van der Waals surface area (Å²) in [6, 6.07) is 3.83. The number of nitrogens with one attached hydrogen (secondary N) is 1. The summed E-state index contributed by atoms with van der Waals surface area (Å²) in [5.74, 6) is 0.348. The van der Waals surface area contributed by atoms with E-state index in [2.05, 4.69) is 5.32 Å². The lowest BCUT2D eigenvalue weighted by atomic mass is 10.1. The fourth-order valence-electron chi connectivity index (χ4n) is 2.16. The second-order valence-corrected chi connectivity index (χ2v) is 4.79. The number of benzene rings is 1. The highest BCUT2D eigenvalue weighted by atomic mass is 16.6. The van der Waals surface area contributed by atoms with E-state index in [1.165, 1.54) is 24.1 Å². The van der Waals surface area contributed by atoms with E-state index in [-0.39, 0.29) is 17.5 Å². The van der Waals surface area contributed by atoms with Crippen LogP contribution in [0.3, 0.4) is 0 Å². The number of methoxy groups -OCH3 is 1. The zero-order valence-corrected chi connectivity index (χ0v) is 11.6. The summed E-state index contributed by atoms with van der Waals surface area (Å²) >= 11 is 0. The SMILES string of the molecule is COc1ccc(NC(=O)N2CCC(O)CC2)c([N+](=O)[O-])c1. The summed E-state index contributed by atoms with van der Waals surface area (Å²) in [6.45, 7) is 0.855. The molecule has 1 heterocycles. The van der Waals surface area contributed by atoms with Crippen molar-refractivity contribution < 1.29 is 19.6 Å². The van der Waals surface area contributed by atoms with Crippen molar-refractivity contribution in [3.05, 3.63) is 28.3 Å². The first-order valence-electron chi connectivity index (χ1n) is 6.57. The number of aliphatic hydroxyl groups is 1. The Hall–Kier alpha value is -2.35. The summed E-state index contributed by atoms with van der Waals surface area (Å²) in [6.07, 6.45) is 0.639. The molecule has 1 fully saturated rings. The Morgan fingerprint density at radius 3 is 2.71 bits per heavy atom. The molecule has 0 aliphatic carbocycles. The lowest BCUT2D eigenvalue weighted by Gasteiger charge is -2.29. The van der Waals surface area contributed by atoms with Crippen LogP contribution in [-0.2, 0) is 0 Å². The number of ether oxygens (including phenoxy) is 1. The second kappa shape index (κ2) is 6.40. The highest BCUT2D eigenvalue weighted by molar-refractivity contribution is 5.92. The Bertz CT molecular complexity index is 541. The average Bonchev–Trinajstić information content (AvgIpc) is 2.48. The lowest BCUT2D eigenvalue weighted by Crippen LogP contribution is -2.42. The Kier molecular flexibility index (Phi) is 4.59. The van der Waals surface area contributed by atoms with E-state index >= 15 is 0 Å². The first-order chi connectivity index (χ1) is 10.0. The first-order valence-corrected chi connectivity index (χ1v) is 6.57. The molecule has 114 valence electrons. The molecular formula is C13H17N3O5. The summed E-state index contributed by atoms with van der Waals surface area (Å²) in [5.41, 5.74) is -0.100. The van der Waals surface area contributed by atoms with Gasteiger partial charge in [0.25, 0.3) is 5.69 Å². The molecule has 1 aliphatic heterocycles. The van der Waals surface area contributed by atoms with Gasteiger partial charge in [-0.05, 0) is 25.0 Å². The van der Waals surface area contributed by atoms with Gasteiger partial charge in [0, 0.05) is 13.1 Å². The highest BCUT2D eigenvalue weighted by Gasteiger charge is 2.23. The van der Waals surface area contributed by atoms with Gasteiger partial charge in [-0.15, -0.1) is 0 Å². The van der Waals surface area contributed by atoms with Crippen LogP contribution in [0.4, 0.5) is 16.2 Å². The van der Waals surface area contributed by atoms with Gasteiger partial charge in [-0.2, -0.15) is 0 Å². The molecule has 0 aromatic heterocycles. The molecule has 0 unspecified atom stereocenters. The van der Waals surface area contributed by atoms with Gasteiger partial charge in [0.05, 0.1) is 24.2 Å². The van der Waals surface area contributed by atoms with Crippen molar-refractivity contribution in [2.24, 2.45) is 0 Å². The van der Waals surface area contributed by atoms with Gasteiger partial charge in [-0.1, -0.05) is 0 Å². The quantitative estimate of drug-likeness (QED) is 0.651. The molecule has 2 rings (SSSR count). The molecule has 0 bridgehead atoms. The average molecular weight is 295 g/mol. The number of amides is 2. The zero-order chi connectivity index (χ0) is 15.4. The Labute approximate surface area is 121 Å². The number of rotatable bonds is 3. The number of anilines is 1. The fourth-order valence-corrected chi connectivity index (χ4v) is 2.16. The van der Waals surface area contributed by atoms with Crippen molar-refractivity contribution >= 4 is 17.4 Å². The topological polar surface area (TPSA) is 105 Å². The van der Waals surface area contributed by atoms with Crippen LogP contribution in [0.25, 0.3) is 0 Å². The number of nitro groups is 1. The largest absolute Gasteiger partial charge is 0.496 e. The predicted octanol–water partition coefficient (Wildman–Crippen LogP) is 1.59. The molecule has 2 N–H and O–H groups in total. The van der Waals surface area contributed by atoms with E-state index in [4.69, 9.17) is 4.74 Å². The third kappa shape index (κ3) is 3.60. The molecule has 1 aliphatic rings. The lowest BCUT2D eigenvalue weighted by molar-refractivity contribution is -0.384. The number of carbonyl (C=O) groups excluding carboxylic acids is 1. The fraction of sp³-hybridized carbons (Fsp3) is 0.462. The molecule has 2 amide bonds. The van der Waals surface area contributed by atoms with Crippen molar-refractivity contribution in [2.75, 3.05) is 25.5 Å². The third-order valence-electron chi connectivity index (χ3n) is 3.39. The van der Waals surface area contributed by atoms with E-state index in [9.17, 15) is 20.0 Å². The molecule has 8 heteroatoms. The summed E-state index contributed by atoms with van der Waals surface area (Å²) in [7, 11) is 1.41. The molecule has 0 saturated carbocycles. The van der Waals surface area contributed by atoms with Gasteiger partial charge in [-0.3, -0.25) is 10.1 Å². The van der Waals surface area contributed by atoms with Crippen LogP contribution >= 0.6 is 0 Å². The number of aliphatic hydroxyl groups excluding tert-OH is 1. The van der Waals surface area contributed by atoms with Crippen LogP contribution in [0, 0.1) is 10.1 Å². The minimum Gasteiger partial charge on any atom is -0.496 e. The number of nitro benzene ring substituents is 1. The monoisotopic (exact) mass is 295 g/mol. The maximum atomic E-state index is 12.1. The Morgan fingerprint density at radius 2 is 2.14 bits per heavy atom. The molecule has 0 radical (unpaired) electrons. The summed E-state index contributed by atoms with van der Waals surface area (Å²) < 4.78 is 4.94. The summed E-state index contributed by atoms with van der Waals surface area (Å²) in [4.78, 5) is 24.1. The number of hydrogen-bond donors (Lipinski definition) is 2. The minimum atomic E-state index is -0.571. The minimum absolute atomic E-state index is 0.122. The van der Waals surface area contributed by atoms with Crippen LogP contribution < -0.4 is 10.1 Å². The van der Waals surface area contributed by atoms with Crippen molar-refractivity contribution in [2.45, 2.75) is 18.9 Å². The van der Waals surface area contributed by atoms with Gasteiger partial charge < -0.3 is 20.1 Å². The van der Waals surface area contributed by atoms with Crippen LogP contribution in [0.15, 0.2) is 18.2 Å². The predicted molar refractivity (Wildman–Crippen MR) is 75.5 cm³/mol. The molecule has 1 aromatic rings. The number of carbonyl (C=O) groups is 1. The first kappa shape index (κ1) is 15.0. The van der Waals surface area contributed by atoms with E-state index < -0.39 is 11.0 Å². The maximum Gasteiger partial charge on any atom is 0.322 e. The number of piperidine rings is 1. The molecular weight excluding hydrogens is 278 g/mol. The van der Waals surface area contributed by atoms with Gasteiger partial charge >= 0.3 is 6.03 Å². The highest BCUT2D eigenvalue weighted by Crippen LogP contribution is 2.29. The van der Waals surface area contributed by atoms with Gasteiger partial charge in [0.2, 0.25) is 0 Å². The van der Waals surface area contributed by atoms with Crippen LogP contribution in [0.1, 0.15) is 12.8 Å². The van der Waals surface area contributed by atoms with Crippen LogP contribution in [0.2, 0.25) is 0 Å². The van der Waals surface area contributed by atoms with E-state index in [1.54, 1.807) is 6.07 Å². The smallest absolute Gasteiger partial charge is 0.322 e. The second-order valence-electron chi connectivity index (χ2n) is 4.79. The number of urea groups is 1. The number of likely N-dealkylation sites (tertiary alicyclic amines) is 1. The van der Waals surface area contributed by atoms with Crippen molar-refractivity contribution in [1.29, 1.82) is 0 Å². The van der Waals surface area contributed by atoms with Crippen LogP contribution in [-0.4, -0.2) is 47.3 Å². The van der Waals surface area contributed by atoms with Gasteiger partial charge in [-0.25, -0.2) is 4.79 Å². The normalized spacial score (nSPS) is 15.6. The standard InChI is InChI=1S/C13H17N3O5/c1-21-10-2-3-11(12(8-10)16(19)20)14-13(18)15-6-4-9(17)5-7-15/h2-3,8-9,17H,4-7H2,1H3,(H,14,18). The zero-order valence-electron chi connectivity index (χ0n) is 11.6. The molecule has 21 heavy (non-hydrogen) atoms. The molecule has 1 aromatic carbocycles. The van der Waals surface area contributed by atoms with Crippen molar-refractivity contribution in [1.82, 2.24) is 4.90 Å². The molecule has 1 saturated heterocycles. The number of hydrogen-bond acceptors (Lipinski definition) is 5. The molecule has 8 nitrogen and oxygen atoms in total. The third-order valence-corrected chi connectivity index (χ3v) is 3.39. The van der Waals surface area contributed by atoms with E-state index in [1.807, 2.05) is 0 Å². The number of nitrogens with zero attached hydrogens (tertiary/aromatic N) is 2. The van der Waals surface area contributed by atoms with E-state index in [0.29, 0.717) is 31.7 Å². The summed E-state index contributed by atoms with van der Waals surface area (Å²) in [5, 5.41) is 23.0. The van der Waals surface area contributed by atoms with E-state index in [0.717, 1.165) is 0 Å². The van der Waals surface area contributed by atoms with Crippen molar-refractivity contribution in [3.8, 4) is 5.75 Å². The van der Waals surface area contributed by atoms with Crippen molar-refractivity contribution in [3.63, 3.8) is 0 Å². The maximum absolute atomic E-state index is 12.1.